The van der Waals surface area contributed by atoms with Gasteiger partial charge < -0.3 is 24.6 Å². The van der Waals surface area contributed by atoms with Crippen LogP contribution >= 0.6 is 0 Å². The van der Waals surface area contributed by atoms with Gasteiger partial charge in [0.2, 0.25) is 12.5 Å². The van der Waals surface area contributed by atoms with Gasteiger partial charge in [0, 0.05) is 18.5 Å². The summed E-state index contributed by atoms with van der Waals surface area (Å²) < 4.78 is 19.6. The molecule has 2 aliphatic heterocycles. The fourth-order valence-corrected chi connectivity index (χ4v) is 6.24. The van der Waals surface area contributed by atoms with Crippen molar-refractivity contribution in [3.05, 3.63) is 41.6 Å². The standard InChI is InChI=1S/C33H44N2O4/c1-3-4-5-6-7-8-9-10-11-12-13-26-25-14-15-29(37-2)32(34-17-19-36)28(25)22-35-18-16-24-20-30-31(39-23-38-30)21-27(24)33(26)35/h14-15,20-22,36H,3-13,16-19,23H2,1-2H3/p+1. The fraction of sp³-hybridized carbons (Fsp3) is 0.545. The predicted octanol–water partition coefficient (Wildman–Crippen LogP) is 6.96. The van der Waals surface area contributed by atoms with Crippen LogP contribution in [0.4, 0.5) is 5.69 Å². The number of benzene rings is 2. The first-order valence-electron chi connectivity index (χ1n) is 15.1. The molecule has 0 aliphatic carbocycles. The minimum atomic E-state index is 0.0731. The number of aromatic nitrogens is 1. The molecule has 6 heteroatoms. The Balaban J connectivity index is 1.44. The van der Waals surface area contributed by atoms with E-state index in [1.54, 1.807) is 7.11 Å². The van der Waals surface area contributed by atoms with Gasteiger partial charge in [0.1, 0.15) is 5.75 Å². The molecule has 2 N–H and O–H groups in total. The Morgan fingerprint density at radius 3 is 2.36 bits per heavy atom. The average Bonchev–Trinajstić information content (AvgIpc) is 3.42. The van der Waals surface area contributed by atoms with Crippen LogP contribution in [0, 0.1) is 0 Å². The maximum Gasteiger partial charge on any atom is 0.231 e. The van der Waals surface area contributed by atoms with Crippen LogP contribution in [0.5, 0.6) is 17.2 Å². The lowest BCUT2D eigenvalue weighted by molar-refractivity contribution is -0.686. The van der Waals surface area contributed by atoms with Crippen LogP contribution in [0.2, 0.25) is 0 Å². The second kappa shape index (κ2) is 13.4. The van der Waals surface area contributed by atoms with E-state index in [9.17, 15) is 5.11 Å². The first-order valence-corrected chi connectivity index (χ1v) is 15.1. The number of rotatable bonds is 15. The normalized spacial score (nSPS) is 13.4. The molecule has 210 valence electrons. The summed E-state index contributed by atoms with van der Waals surface area (Å²) in [5.41, 5.74) is 6.24. The Bertz CT molecular complexity index is 1270. The van der Waals surface area contributed by atoms with Gasteiger partial charge in [-0.2, -0.15) is 4.57 Å². The van der Waals surface area contributed by atoms with E-state index in [0.717, 1.165) is 47.7 Å². The largest absolute Gasteiger partial charge is 0.495 e. The van der Waals surface area contributed by atoms with Crippen LogP contribution in [-0.4, -0.2) is 32.2 Å². The number of hydrogen-bond donors (Lipinski definition) is 2. The number of nitrogens with zero attached hydrogens (tertiary/aromatic N) is 1. The highest BCUT2D eigenvalue weighted by Gasteiger charge is 2.32. The molecule has 2 aromatic carbocycles. The van der Waals surface area contributed by atoms with Gasteiger partial charge in [-0.05, 0) is 48.1 Å². The smallest absolute Gasteiger partial charge is 0.231 e. The van der Waals surface area contributed by atoms with Gasteiger partial charge in [-0.25, -0.2) is 0 Å². The van der Waals surface area contributed by atoms with Crippen LogP contribution in [0.3, 0.4) is 0 Å². The molecule has 3 heterocycles. The number of fused-ring (bicyclic) bond motifs is 5. The van der Waals surface area contributed by atoms with Crippen LogP contribution in [0.1, 0.15) is 82.3 Å². The number of nitrogens with one attached hydrogen (secondary N) is 1. The van der Waals surface area contributed by atoms with Crippen molar-refractivity contribution in [2.75, 3.05) is 32.4 Å². The lowest BCUT2D eigenvalue weighted by atomic mass is 9.89. The third kappa shape index (κ3) is 6.11. The molecular weight excluding hydrogens is 488 g/mol. The number of hydrogen-bond acceptors (Lipinski definition) is 5. The third-order valence-electron chi connectivity index (χ3n) is 8.28. The highest BCUT2D eigenvalue weighted by molar-refractivity contribution is 6.00. The van der Waals surface area contributed by atoms with E-state index in [0.29, 0.717) is 13.3 Å². The Morgan fingerprint density at radius 2 is 1.64 bits per heavy atom. The number of ether oxygens (including phenoxy) is 3. The molecule has 0 spiro atoms. The average molecular weight is 534 g/mol. The number of aryl methyl sites for hydroxylation is 3. The van der Waals surface area contributed by atoms with Crippen LogP contribution in [-0.2, 0) is 19.4 Å². The number of aliphatic hydroxyl groups is 1. The van der Waals surface area contributed by atoms with Crippen LogP contribution in [0.25, 0.3) is 22.0 Å². The highest BCUT2D eigenvalue weighted by atomic mass is 16.7. The van der Waals surface area contributed by atoms with Gasteiger partial charge >= 0.3 is 0 Å². The molecule has 0 fully saturated rings. The van der Waals surface area contributed by atoms with Crippen molar-refractivity contribution in [3.8, 4) is 28.5 Å². The third-order valence-corrected chi connectivity index (χ3v) is 8.28. The summed E-state index contributed by atoms with van der Waals surface area (Å²) in [4.78, 5) is 0. The lowest BCUT2D eigenvalue weighted by Crippen LogP contribution is -2.41. The van der Waals surface area contributed by atoms with Gasteiger partial charge in [0.15, 0.2) is 24.2 Å². The SMILES string of the molecule is CCCCCCCCCCCCc1c2[n+](cc3c(NCCO)c(OC)ccc13)CCc1cc3c(cc1-2)OCO3. The second-order valence-electron chi connectivity index (χ2n) is 10.9. The van der Waals surface area contributed by atoms with Gasteiger partial charge in [-0.1, -0.05) is 64.7 Å². The summed E-state index contributed by atoms with van der Waals surface area (Å²) >= 11 is 0. The zero-order valence-corrected chi connectivity index (χ0v) is 23.8. The minimum absolute atomic E-state index is 0.0731. The number of methoxy groups -OCH3 is 1. The van der Waals surface area contributed by atoms with Gasteiger partial charge in [0.05, 0.1) is 30.4 Å². The summed E-state index contributed by atoms with van der Waals surface area (Å²) in [7, 11) is 1.71. The lowest BCUT2D eigenvalue weighted by Gasteiger charge is -2.21. The molecule has 0 saturated heterocycles. The van der Waals surface area contributed by atoms with Crippen molar-refractivity contribution in [2.45, 2.75) is 90.5 Å². The van der Waals surface area contributed by atoms with Crippen molar-refractivity contribution in [1.29, 1.82) is 0 Å². The first-order chi connectivity index (χ1) is 19.2. The Morgan fingerprint density at radius 1 is 0.923 bits per heavy atom. The van der Waals surface area contributed by atoms with Crippen molar-refractivity contribution >= 4 is 16.5 Å². The highest BCUT2D eigenvalue weighted by Crippen LogP contribution is 2.43. The van der Waals surface area contributed by atoms with Gasteiger partial charge in [-0.15, -0.1) is 0 Å². The van der Waals surface area contributed by atoms with Crippen molar-refractivity contribution in [1.82, 2.24) is 0 Å². The van der Waals surface area contributed by atoms with Crippen molar-refractivity contribution < 1.29 is 23.9 Å². The Hall–Kier alpha value is -2.99. The molecule has 0 amide bonds. The second-order valence-corrected chi connectivity index (χ2v) is 10.9. The summed E-state index contributed by atoms with van der Waals surface area (Å²) in [5.74, 6) is 2.51. The maximum absolute atomic E-state index is 9.52. The van der Waals surface area contributed by atoms with Crippen LogP contribution < -0.4 is 24.1 Å². The molecule has 0 bridgehead atoms. The Labute approximate surface area is 233 Å². The fourth-order valence-electron chi connectivity index (χ4n) is 6.24. The molecule has 0 atom stereocenters. The number of pyridine rings is 1. The Kier molecular flexibility index (Phi) is 9.46. The molecule has 5 rings (SSSR count). The number of anilines is 1. The summed E-state index contributed by atoms with van der Waals surface area (Å²) in [6, 6.07) is 8.64. The number of unbranched alkanes of at least 4 members (excludes halogenated alkanes) is 9. The molecule has 6 nitrogen and oxygen atoms in total. The zero-order chi connectivity index (χ0) is 27.0. The van der Waals surface area contributed by atoms with Gasteiger partial charge in [-0.3, -0.25) is 0 Å². The van der Waals surface area contributed by atoms with E-state index in [1.807, 2.05) is 0 Å². The molecule has 39 heavy (non-hydrogen) atoms. The molecule has 1 aromatic heterocycles. The zero-order valence-electron chi connectivity index (χ0n) is 23.8. The van der Waals surface area contributed by atoms with E-state index in [1.165, 1.54) is 92.0 Å². The quantitative estimate of drug-likeness (QED) is 0.163. The number of aliphatic hydroxyl groups excluding tert-OH is 1. The van der Waals surface area contributed by atoms with Crippen molar-refractivity contribution in [3.63, 3.8) is 0 Å². The van der Waals surface area contributed by atoms with Crippen molar-refractivity contribution in [2.24, 2.45) is 0 Å². The van der Waals surface area contributed by atoms with E-state index in [-0.39, 0.29) is 6.61 Å². The summed E-state index contributed by atoms with van der Waals surface area (Å²) in [6.45, 7) is 4.05. The van der Waals surface area contributed by atoms with Gasteiger partial charge in [0.25, 0.3) is 0 Å². The molecule has 0 saturated carbocycles. The molecule has 0 unspecified atom stereocenters. The van der Waals surface area contributed by atoms with Crippen LogP contribution in [0.15, 0.2) is 30.5 Å². The minimum Gasteiger partial charge on any atom is -0.495 e. The first kappa shape index (κ1) is 27.6. The topological polar surface area (TPSA) is 63.8 Å². The maximum atomic E-state index is 9.52. The van der Waals surface area contributed by atoms with E-state index in [2.05, 4.69) is 47.3 Å². The molecular formula is C33H45N2O4+. The molecule has 0 radical (unpaired) electrons. The summed E-state index contributed by atoms with van der Waals surface area (Å²) in [6.07, 6.45) is 17.5. The van der Waals surface area contributed by atoms with E-state index in [4.69, 9.17) is 14.2 Å². The van der Waals surface area contributed by atoms with E-state index < -0.39 is 0 Å². The van der Waals surface area contributed by atoms with E-state index >= 15 is 0 Å². The monoisotopic (exact) mass is 533 g/mol. The summed E-state index contributed by atoms with van der Waals surface area (Å²) in [5, 5.41) is 15.4. The predicted molar refractivity (Wildman–Crippen MR) is 157 cm³/mol. The molecule has 3 aromatic rings. The molecule has 2 aliphatic rings.